The Morgan fingerprint density at radius 3 is 2.63 bits per heavy atom. The molecule has 96 valence electrons. The minimum Gasteiger partial charge on any atom is -0.399 e. The molecule has 0 aliphatic carbocycles. The number of anilines is 1. The predicted octanol–water partition coefficient (Wildman–Crippen LogP) is 4.08. The van der Waals surface area contributed by atoms with Crippen molar-refractivity contribution in [2.45, 2.75) is 13.8 Å². The summed E-state index contributed by atoms with van der Waals surface area (Å²) in [6.45, 7) is 4.14. The number of nitrogen functional groups attached to an aromatic ring is 1. The molecule has 3 aromatic rings. The van der Waals surface area contributed by atoms with Gasteiger partial charge in [0.15, 0.2) is 0 Å². The Labute approximate surface area is 116 Å². The van der Waals surface area contributed by atoms with Gasteiger partial charge < -0.3 is 10.7 Å². The van der Waals surface area contributed by atoms with Crippen LogP contribution in [0.2, 0.25) is 5.02 Å². The standard InChI is InChI=1S/C15H14ClN3/c1-8-3-9(2)14-13(4-8)18-15(19-14)10-5-11(16)7-12(17)6-10/h3-7H,17H2,1-2H3,(H,18,19). The van der Waals surface area contributed by atoms with E-state index < -0.39 is 0 Å². The molecule has 0 unspecified atom stereocenters. The van der Waals surface area contributed by atoms with E-state index in [1.54, 1.807) is 6.07 Å². The van der Waals surface area contributed by atoms with Crippen molar-refractivity contribution >= 4 is 28.3 Å². The van der Waals surface area contributed by atoms with Crippen molar-refractivity contribution in [1.29, 1.82) is 0 Å². The Bertz CT molecular complexity index is 754. The van der Waals surface area contributed by atoms with Crippen LogP contribution in [-0.2, 0) is 0 Å². The van der Waals surface area contributed by atoms with Crippen LogP contribution in [0.25, 0.3) is 22.4 Å². The van der Waals surface area contributed by atoms with Crippen LogP contribution in [0.3, 0.4) is 0 Å². The van der Waals surface area contributed by atoms with Crippen molar-refractivity contribution in [3.63, 3.8) is 0 Å². The zero-order valence-corrected chi connectivity index (χ0v) is 11.5. The van der Waals surface area contributed by atoms with Crippen molar-refractivity contribution in [3.8, 4) is 11.4 Å². The third-order valence-electron chi connectivity index (χ3n) is 3.12. The molecule has 2 aromatic carbocycles. The second kappa shape index (κ2) is 4.28. The molecule has 0 aliphatic rings. The second-order valence-corrected chi connectivity index (χ2v) is 5.27. The number of aromatic nitrogens is 2. The fourth-order valence-electron chi connectivity index (χ4n) is 2.36. The number of rotatable bonds is 1. The molecule has 1 heterocycles. The first kappa shape index (κ1) is 12.1. The van der Waals surface area contributed by atoms with Gasteiger partial charge in [0, 0.05) is 16.3 Å². The van der Waals surface area contributed by atoms with Crippen molar-refractivity contribution < 1.29 is 0 Å². The molecular weight excluding hydrogens is 258 g/mol. The minimum atomic E-state index is 0.614. The number of aryl methyl sites for hydroxylation is 2. The summed E-state index contributed by atoms with van der Waals surface area (Å²) < 4.78 is 0. The van der Waals surface area contributed by atoms with Gasteiger partial charge in [-0.2, -0.15) is 0 Å². The van der Waals surface area contributed by atoms with Crippen molar-refractivity contribution in [3.05, 3.63) is 46.5 Å². The molecule has 0 atom stereocenters. The molecular formula is C15H14ClN3. The number of hydrogen-bond acceptors (Lipinski definition) is 2. The normalized spacial score (nSPS) is 11.1. The molecule has 0 spiro atoms. The van der Waals surface area contributed by atoms with Crippen LogP contribution in [-0.4, -0.2) is 9.97 Å². The van der Waals surface area contributed by atoms with E-state index in [0.29, 0.717) is 10.7 Å². The summed E-state index contributed by atoms with van der Waals surface area (Å²) >= 11 is 6.03. The minimum absolute atomic E-state index is 0.614. The highest BCUT2D eigenvalue weighted by Crippen LogP contribution is 2.27. The van der Waals surface area contributed by atoms with E-state index in [-0.39, 0.29) is 0 Å². The first-order valence-electron chi connectivity index (χ1n) is 6.06. The van der Waals surface area contributed by atoms with E-state index in [1.807, 2.05) is 12.1 Å². The SMILES string of the molecule is Cc1cc(C)c2nc(-c3cc(N)cc(Cl)c3)[nH]c2c1. The molecule has 0 aliphatic heterocycles. The maximum Gasteiger partial charge on any atom is 0.138 e. The molecule has 0 saturated carbocycles. The van der Waals surface area contributed by atoms with Gasteiger partial charge in [-0.3, -0.25) is 0 Å². The van der Waals surface area contributed by atoms with Gasteiger partial charge in [0.1, 0.15) is 5.82 Å². The fourth-order valence-corrected chi connectivity index (χ4v) is 2.60. The van der Waals surface area contributed by atoms with Crippen LogP contribution < -0.4 is 5.73 Å². The van der Waals surface area contributed by atoms with Crippen LogP contribution in [0.15, 0.2) is 30.3 Å². The molecule has 3 nitrogen and oxygen atoms in total. The lowest BCUT2D eigenvalue weighted by Crippen LogP contribution is -1.87. The van der Waals surface area contributed by atoms with Crippen molar-refractivity contribution in [2.75, 3.05) is 5.73 Å². The zero-order chi connectivity index (χ0) is 13.6. The summed E-state index contributed by atoms with van der Waals surface area (Å²) in [5, 5.41) is 0.614. The summed E-state index contributed by atoms with van der Waals surface area (Å²) in [5.41, 5.74) is 11.7. The summed E-state index contributed by atoms with van der Waals surface area (Å²) in [4.78, 5) is 7.96. The van der Waals surface area contributed by atoms with Crippen molar-refractivity contribution in [1.82, 2.24) is 9.97 Å². The quantitative estimate of drug-likeness (QED) is 0.655. The topological polar surface area (TPSA) is 54.7 Å². The van der Waals surface area contributed by atoms with Crippen LogP contribution >= 0.6 is 11.6 Å². The number of nitrogens with zero attached hydrogens (tertiary/aromatic N) is 1. The van der Waals surface area contributed by atoms with Gasteiger partial charge >= 0.3 is 0 Å². The summed E-state index contributed by atoms with van der Waals surface area (Å²) in [5.74, 6) is 0.790. The number of imidazole rings is 1. The summed E-state index contributed by atoms with van der Waals surface area (Å²) in [7, 11) is 0. The zero-order valence-electron chi connectivity index (χ0n) is 10.8. The maximum absolute atomic E-state index is 6.03. The number of aromatic amines is 1. The van der Waals surface area contributed by atoms with Gasteiger partial charge in [0.05, 0.1) is 11.0 Å². The van der Waals surface area contributed by atoms with E-state index in [2.05, 4.69) is 35.9 Å². The maximum atomic E-state index is 6.03. The molecule has 0 saturated heterocycles. The highest BCUT2D eigenvalue weighted by Gasteiger charge is 2.09. The molecule has 19 heavy (non-hydrogen) atoms. The van der Waals surface area contributed by atoms with Gasteiger partial charge in [-0.25, -0.2) is 4.98 Å². The van der Waals surface area contributed by atoms with Crippen LogP contribution in [0, 0.1) is 13.8 Å². The Morgan fingerprint density at radius 2 is 1.89 bits per heavy atom. The Kier molecular flexibility index (Phi) is 2.72. The molecule has 3 rings (SSSR count). The number of nitrogens with two attached hydrogens (primary N) is 1. The number of halogens is 1. The molecule has 4 heteroatoms. The number of nitrogens with one attached hydrogen (secondary N) is 1. The number of fused-ring (bicyclic) bond motifs is 1. The van der Waals surface area contributed by atoms with Gasteiger partial charge in [-0.05, 0) is 49.2 Å². The monoisotopic (exact) mass is 271 g/mol. The predicted molar refractivity (Wildman–Crippen MR) is 80.4 cm³/mol. The second-order valence-electron chi connectivity index (χ2n) is 4.84. The highest BCUT2D eigenvalue weighted by molar-refractivity contribution is 6.31. The first-order chi connectivity index (χ1) is 9.02. The van der Waals surface area contributed by atoms with Crippen LogP contribution in [0.1, 0.15) is 11.1 Å². The summed E-state index contributed by atoms with van der Waals surface area (Å²) in [6, 6.07) is 9.67. The van der Waals surface area contributed by atoms with E-state index in [0.717, 1.165) is 28.0 Å². The largest absolute Gasteiger partial charge is 0.399 e. The average molecular weight is 272 g/mol. The number of H-pyrrole nitrogens is 1. The highest BCUT2D eigenvalue weighted by atomic mass is 35.5. The lowest BCUT2D eigenvalue weighted by atomic mass is 10.1. The smallest absolute Gasteiger partial charge is 0.138 e. The van der Waals surface area contributed by atoms with E-state index in [4.69, 9.17) is 17.3 Å². The Hall–Kier alpha value is -2.00. The Morgan fingerprint density at radius 1 is 1.11 bits per heavy atom. The molecule has 1 aromatic heterocycles. The average Bonchev–Trinajstić information content (AvgIpc) is 2.71. The lowest BCUT2D eigenvalue weighted by Gasteiger charge is -2.00. The third kappa shape index (κ3) is 2.17. The van der Waals surface area contributed by atoms with Crippen molar-refractivity contribution in [2.24, 2.45) is 0 Å². The van der Waals surface area contributed by atoms with Crippen LogP contribution in [0.4, 0.5) is 5.69 Å². The van der Waals surface area contributed by atoms with E-state index in [9.17, 15) is 0 Å². The fraction of sp³-hybridized carbons (Fsp3) is 0.133. The molecule has 0 fully saturated rings. The number of hydrogen-bond donors (Lipinski definition) is 2. The van der Waals surface area contributed by atoms with Gasteiger partial charge in [-0.15, -0.1) is 0 Å². The van der Waals surface area contributed by atoms with E-state index >= 15 is 0 Å². The van der Waals surface area contributed by atoms with Crippen LogP contribution in [0.5, 0.6) is 0 Å². The van der Waals surface area contributed by atoms with E-state index in [1.165, 1.54) is 5.56 Å². The molecule has 0 amide bonds. The van der Waals surface area contributed by atoms with Gasteiger partial charge in [0.2, 0.25) is 0 Å². The molecule has 3 N–H and O–H groups in total. The molecule has 0 bridgehead atoms. The first-order valence-corrected chi connectivity index (χ1v) is 6.44. The van der Waals surface area contributed by atoms with Gasteiger partial charge in [-0.1, -0.05) is 17.7 Å². The summed E-state index contributed by atoms with van der Waals surface area (Å²) in [6.07, 6.45) is 0. The molecule has 0 radical (unpaired) electrons. The Balaban J connectivity index is 2.23. The third-order valence-corrected chi connectivity index (χ3v) is 3.33. The van der Waals surface area contributed by atoms with Gasteiger partial charge in [0.25, 0.3) is 0 Å². The lowest BCUT2D eigenvalue weighted by molar-refractivity contribution is 1.33. The number of benzene rings is 2.